The van der Waals surface area contributed by atoms with E-state index in [9.17, 15) is 25.0 Å². The van der Waals surface area contributed by atoms with E-state index >= 15 is 0 Å². The summed E-state index contributed by atoms with van der Waals surface area (Å²) >= 11 is 0. The molecular formula is C16H16N2O9. The van der Waals surface area contributed by atoms with Crippen LogP contribution in [0.4, 0.5) is 11.4 Å². The highest BCUT2D eigenvalue weighted by Crippen LogP contribution is 2.17. The maximum Gasteiger partial charge on any atom is 0.308 e. The number of ether oxygens (including phenoxy) is 1. The van der Waals surface area contributed by atoms with E-state index in [1.165, 1.54) is 55.5 Å². The Bertz CT molecular complexity index is 783. The summed E-state index contributed by atoms with van der Waals surface area (Å²) in [4.78, 5) is 38.7. The first-order valence-electron chi connectivity index (χ1n) is 7.08. The number of non-ortho nitro benzene ring substituents is 2. The van der Waals surface area contributed by atoms with Gasteiger partial charge in [-0.3, -0.25) is 29.8 Å². The molecule has 0 unspecified atom stereocenters. The molecule has 2 aromatic rings. The standard InChI is InChI=1S/C8H7NO4.C6H5NO3.C2H4O2/c1-6(10)13-8-4-2-7(3-5-8)9(11)12;8-6-3-1-5(2-4-6)7(9)10;1-2(3)4/h2-5H,1H3;1-4,8H;1H3,(H,3,4). The molecule has 0 atom stereocenters. The number of nitro groups is 2. The zero-order valence-corrected chi connectivity index (χ0v) is 14.3. The molecule has 0 spiro atoms. The zero-order valence-electron chi connectivity index (χ0n) is 14.3. The van der Waals surface area contributed by atoms with Crippen LogP contribution in [0, 0.1) is 20.2 Å². The molecule has 27 heavy (non-hydrogen) atoms. The maximum atomic E-state index is 10.5. The number of esters is 1. The van der Waals surface area contributed by atoms with E-state index in [0.717, 1.165) is 6.92 Å². The van der Waals surface area contributed by atoms with Gasteiger partial charge < -0.3 is 14.9 Å². The Balaban J connectivity index is 0.000000428. The van der Waals surface area contributed by atoms with Gasteiger partial charge >= 0.3 is 5.97 Å². The molecule has 0 radical (unpaired) electrons. The van der Waals surface area contributed by atoms with Gasteiger partial charge in [-0.2, -0.15) is 0 Å². The van der Waals surface area contributed by atoms with Gasteiger partial charge in [0.05, 0.1) is 9.85 Å². The first kappa shape index (κ1) is 23.0. The van der Waals surface area contributed by atoms with Crippen LogP contribution in [-0.2, 0) is 9.59 Å². The van der Waals surface area contributed by atoms with Crippen LogP contribution in [0.3, 0.4) is 0 Å². The summed E-state index contributed by atoms with van der Waals surface area (Å²) in [6.07, 6.45) is 0. The normalized spacial score (nSPS) is 8.81. The average molecular weight is 380 g/mol. The van der Waals surface area contributed by atoms with Gasteiger partial charge in [-0.15, -0.1) is 0 Å². The van der Waals surface area contributed by atoms with Crippen molar-refractivity contribution in [2.45, 2.75) is 13.8 Å². The quantitative estimate of drug-likeness (QED) is 0.351. The van der Waals surface area contributed by atoms with Crippen molar-refractivity contribution in [3.63, 3.8) is 0 Å². The van der Waals surface area contributed by atoms with E-state index in [0.29, 0.717) is 5.75 Å². The summed E-state index contributed by atoms with van der Waals surface area (Å²) in [5.41, 5.74) is -0.0475. The lowest BCUT2D eigenvalue weighted by Gasteiger charge is -1.98. The van der Waals surface area contributed by atoms with Crippen molar-refractivity contribution in [1.29, 1.82) is 0 Å². The minimum Gasteiger partial charge on any atom is -0.508 e. The lowest BCUT2D eigenvalue weighted by atomic mass is 10.3. The number of carboxylic acids is 1. The third-order valence-corrected chi connectivity index (χ3v) is 2.37. The molecule has 0 aliphatic rings. The second-order valence-electron chi connectivity index (χ2n) is 4.64. The van der Waals surface area contributed by atoms with E-state index < -0.39 is 21.8 Å². The van der Waals surface area contributed by atoms with Crippen molar-refractivity contribution < 1.29 is 34.4 Å². The van der Waals surface area contributed by atoms with Crippen molar-refractivity contribution in [1.82, 2.24) is 0 Å². The fourth-order valence-corrected chi connectivity index (χ4v) is 1.38. The van der Waals surface area contributed by atoms with Crippen LogP contribution in [0.15, 0.2) is 48.5 Å². The van der Waals surface area contributed by atoms with Gasteiger partial charge in [0.25, 0.3) is 17.3 Å². The molecule has 2 rings (SSSR count). The number of phenolic OH excluding ortho intramolecular Hbond substituents is 1. The molecule has 0 saturated carbocycles. The Hall–Kier alpha value is -4.02. The smallest absolute Gasteiger partial charge is 0.308 e. The van der Waals surface area contributed by atoms with Crippen LogP contribution in [0.25, 0.3) is 0 Å². The largest absolute Gasteiger partial charge is 0.508 e. The second-order valence-corrected chi connectivity index (χ2v) is 4.64. The minimum absolute atomic E-state index is 0.0159. The number of phenols is 1. The molecular weight excluding hydrogens is 364 g/mol. The molecule has 0 bridgehead atoms. The highest BCUT2D eigenvalue weighted by Gasteiger charge is 2.05. The topological polar surface area (TPSA) is 170 Å². The van der Waals surface area contributed by atoms with Crippen LogP contribution in [0.5, 0.6) is 11.5 Å². The number of carbonyl (C=O) groups is 2. The minimum atomic E-state index is -0.833. The van der Waals surface area contributed by atoms with Gasteiger partial charge in [0.1, 0.15) is 11.5 Å². The Labute approximate surface area is 152 Å². The van der Waals surface area contributed by atoms with Crippen LogP contribution in [0.2, 0.25) is 0 Å². The fourth-order valence-electron chi connectivity index (χ4n) is 1.38. The summed E-state index contributed by atoms with van der Waals surface area (Å²) < 4.78 is 4.69. The molecule has 0 fully saturated rings. The van der Waals surface area contributed by atoms with Crippen molar-refractivity contribution >= 4 is 23.3 Å². The molecule has 11 heteroatoms. The van der Waals surface area contributed by atoms with Gasteiger partial charge in [-0.05, 0) is 24.3 Å². The highest BCUT2D eigenvalue weighted by molar-refractivity contribution is 5.69. The van der Waals surface area contributed by atoms with Crippen molar-refractivity contribution in [3.05, 3.63) is 68.8 Å². The molecule has 0 aliphatic carbocycles. The van der Waals surface area contributed by atoms with E-state index in [1.54, 1.807) is 0 Å². The summed E-state index contributed by atoms with van der Waals surface area (Å²) in [7, 11) is 0. The third-order valence-electron chi connectivity index (χ3n) is 2.37. The number of aromatic hydroxyl groups is 1. The van der Waals surface area contributed by atoms with Gasteiger partial charge in [-0.25, -0.2) is 0 Å². The number of carboxylic acid groups (broad SMARTS) is 1. The van der Waals surface area contributed by atoms with Gasteiger partial charge in [0.15, 0.2) is 0 Å². The fraction of sp³-hybridized carbons (Fsp3) is 0.125. The summed E-state index contributed by atoms with van der Waals surface area (Å²) in [6, 6.07) is 10.3. The van der Waals surface area contributed by atoms with Crippen LogP contribution >= 0.6 is 0 Å². The number of carbonyl (C=O) groups excluding carboxylic acids is 1. The number of aliphatic carboxylic acids is 1. The molecule has 0 amide bonds. The van der Waals surface area contributed by atoms with E-state index in [-0.39, 0.29) is 17.1 Å². The molecule has 2 N–H and O–H groups in total. The Kier molecular flexibility index (Phi) is 9.80. The number of benzene rings is 2. The molecule has 144 valence electrons. The van der Waals surface area contributed by atoms with Gasteiger partial charge in [-0.1, -0.05) is 0 Å². The number of nitrogens with zero attached hydrogens (tertiary/aromatic N) is 2. The summed E-state index contributed by atoms with van der Waals surface area (Å²) in [5.74, 6) is -0.947. The lowest BCUT2D eigenvalue weighted by Crippen LogP contribution is -2.01. The molecule has 2 aromatic carbocycles. The Morgan fingerprint density at radius 3 is 1.48 bits per heavy atom. The van der Waals surface area contributed by atoms with E-state index in [4.69, 9.17) is 15.0 Å². The molecule has 0 heterocycles. The van der Waals surface area contributed by atoms with Crippen LogP contribution in [0.1, 0.15) is 13.8 Å². The van der Waals surface area contributed by atoms with Crippen molar-refractivity contribution in [2.24, 2.45) is 0 Å². The van der Waals surface area contributed by atoms with Crippen molar-refractivity contribution in [2.75, 3.05) is 0 Å². The maximum absolute atomic E-state index is 10.5. The van der Waals surface area contributed by atoms with Gasteiger partial charge in [0.2, 0.25) is 0 Å². The number of nitro benzene ring substituents is 2. The van der Waals surface area contributed by atoms with E-state index in [1.807, 2.05) is 0 Å². The highest BCUT2D eigenvalue weighted by atomic mass is 16.6. The monoisotopic (exact) mass is 380 g/mol. The number of rotatable bonds is 3. The van der Waals surface area contributed by atoms with E-state index in [2.05, 4.69) is 4.74 Å². The third kappa shape index (κ3) is 11.2. The SMILES string of the molecule is CC(=O)O.CC(=O)Oc1ccc([N+](=O)[O-])cc1.O=[N+]([O-])c1ccc(O)cc1. The zero-order chi connectivity index (χ0) is 21.0. The predicted octanol–water partition coefficient (Wildman–Crippen LogP) is 2.91. The van der Waals surface area contributed by atoms with Gasteiger partial charge in [0, 0.05) is 38.1 Å². The number of hydrogen-bond acceptors (Lipinski definition) is 8. The molecule has 0 aliphatic heterocycles. The van der Waals surface area contributed by atoms with Crippen LogP contribution in [-0.4, -0.2) is 32.0 Å². The average Bonchev–Trinajstić information content (AvgIpc) is 2.55. The number of hydrogen-bond donors (Lipinski definition) is 2. The molecule has 0 aromatic heterocycles. The molecule has 11 nitrogen and oxygen atoms in total. The first-order chi connectivity index (χ1) is 12.5. The second kappa shape index (κ2) is 11.5. The first-order valence-corrected chi connectivity index (χ1v) is 7.08. The Morgan fingerprint density at radius 1 is 0.852 bits per heavy atom. The lowest BCUT2D eigenvalue weighted by molar-refractivity contribution is -0.385. The van der Waals surface area contributed by atoms with Crippen molar-refractivity contribution in [3.8, 4) is 11.5 Å². The van der Waals surface area contributed by atoms with Crippen LogP contribution < -0.4 is 4.74 Å². The predicted molar refractivity (Wildman–Crippen MR) is 92.5 cm³/mol. The summed E-state index contributed by atoms with van der Waals surface area (Å²) in [6.45, 7) is 2.35. The summed E-state index contributed by atoms with van der Waals surface area (Å²) in [5, 5.41) is 36.4. The molecule has 0 saturated heterocycles. The Morgan fingerprint density at radius 2 is 1.19 bits per heavy atom.